The van der Waals surface area contributed by atoms with Crippen molar-refractivity contribution in [2.24, 2.45) is 0 Å². The van der Waals surface area contributed by atoms with E-state index >= 15 is 0 Å². The van der Waals surface area contributed by atoms with Gasteiger partial charge in [-0.3, -0.25) is 0 Å². The molecule has 0 aliphatic heterocycles. The molecular formula is C10H18INO4. The van der Waals surface area contributed by atoms with Gasteiger partial charge in [0, 0.05) is 4.43 Å². The molecule has 94 valence electrons. The Morgan fingerprint density at radius 2 is 1.94 bits per heavy atom. The third kappa shape index (κ3) is 6.86. The number of ether oxygens (including phenoxy) is 2. The van der Waals surface area contributed by atoms with Gasteiger partial charge in [0.05, 0.1) is 6.61 Å². The number of rotatable bonds is 4. The Morgan fingerprint density at radius 1 is 1.38 bits per heavy atom. The Bertz CT molecular complexity index is 250. The lowest BCUT2D eigenvalue weighted by molar-refractivity contribution is -0.144. The molecule has 0 aromatic carbocycles. The Morgan fingerprint density at radius 3 is 2.31 bits per heavy atom. The van der Waals surface area contributed by atoms with Crippen molar-refractivity contribution in [2.75, 3.05) is 11.0 Å². The van der Waals surface area contributed by atoms with Crippen LogP contribution in [0.25, 0.3) is 0 Å². The van der Waals surface area contributed by atoms with Gasteiger partial charge < -0.3 is 14.8 Å². The first-order chi connectivity index (χ1) is 7.30. The molecule has 0 aliphatic carbocycles. The van der Waals surface area contributed by atoms with Crippen LogP contribution in [0.5, 0.6) is 0 Å². The number of carbonyl (C=O) groups is 2. The van der Waals surface area contributed by atoms with Gasteiger partial charge in [-0.05, 0) is 27.7 Å². The van der Waals surface area contributed by atoms with E-state index in [1.807, 2.05) is 22.6 Å². The first kappa shape index (κ1) is 15.5. The van der Waals surface area contributed by atoms with Crippen molar-refractivity contribution in [3.05, 3.63) is 0 Å². The molecule has 1 N–H and O–H groups in total. The number of carbonyl (C=O) groups excluding carboxylic acids is 2. The molecule has 16 heavy (non-hydrogen) atoms. The van der Waals surface area contributed by atoms with E-state index in [4.69, 9.17) is 9.47 Å². The smallest absolute Gasteiger partial charge is 0.408 e. The standard InChI is InChI=1S/C10H18INO4/c1-5-15-8(13)7(6-11)12-9(14)16-10(2,3)4/h7H,5-6H2,1-4H3,(H,12,14)/t7-/m0/s1. The highest BCUT2D eigenvalue weighted by molar-refractivity contribution is 14.1. The molecule has 0 saturated carbocycles. The van der Waals surface area contributed by atoms with E-state index in [-0.39, 0.29) is 0 Å². The third-order valence-corrected chi connectivity index (χ3v) is 2.30. The number of halogens is 1. The number of esters is 1. The van der Waals surface area contributed by atoms with Crippen molar-refractivity contribution < 1.29 is 19.1 Å². The van der Waals surface area contributed by atoms with Crippen LogP contribution in [0.1, 0.15) is 27.7 Å². The fraction of sp³-hybridized carbons (Fsp3) is 0.800. The fourth-order valence-electron chi connectivity index (χ4n) is 0.853. The number of nitrogens with one attached hydrogen (secondary N) is 1. The number of hydrogen-bond acceptors (Lipinski definition) is 4. The van der Waals surface area contributed by atoms with E-state index in [9.17, 15) is 9.59 Å². The second-order valence-electron chi connectivity index (χ2n) is 4.11. The van der Waals surface area contributed by atoms with Crippen LogP contribution < -0.4 is 5.32 Å². The molecule has 0 aliphatic rings. The van der Waals surface area contributed by atoms with Gasteiger partial charge in [-0.15, -0.1) is 0 Å². The molecule has 0 spiro atoms. The minimum Gasteiger partial charge on any atom is -0.464 e. The largest absolute Gasteiger partial charge is 0.464 e. The summed E-state index contributed by atoms with van der Waals surface area (Å²) >= 11 is 2.00. The second kappa shape index (κ2) is 6.93. The van der Waals surface area contributed by atoms with Gasteiger partial charge in [0.2, 0.25) is 0 Å². The third-order valence-electron chi connectivity index (χ3n) is 1.42. The first-order valence-electron chi connectivity index (χ1n) is 5.02. The zero-order chi connectivity index (χ0) is 12.8. The molecule has 0 heterocycles. The predicted octanol–water partition coefficient (Wildman–Crippen LogP) is 1.88. The summed E-state index contributed by atoms with van der Waals surface area (Å²) in [5.41, 5.74) is -0.575. The van der Waals surface area contributed by atoms with Crippen molar-refractivity contribution >= 4 is 34.7 Å². The maximum Gasteiger partial charge on any atom is 0.408 e. The van der Waals surface area contributed by atoms with Gasteiger partial charge in [0.15, 0.2) is 0 Å². The lowest BCUT2D eigenvalue weighted by atomic mass is 10.2. The number of hydrogen-bond donors (Lipinski definition) is 1. The van der Waals surface area contributed by atoms with E-state index in [1.165, 1.54) is 0 Å². The fourth-order valence-corrected chi connectivity index (χ4v) is 1.43. The summed E-state index contributed by atoms with van der Waals surface area (Å²) in [6.45, 7) is 7.29. The second-order valence-corrected chi connectivity index (χ2v) is 4.99. The number of amides is 1. The molecule has 1 amide bonds. The lowest BCUT2D eigenvalue weighted by Gasteiger charge is -2.22. The van der Waals surface area contributed by atoms with E-state index in [2.05, 4.69) is 5.32 Å². The van der Waals surface area contributed by atoms with E-state index in [1.54, 1.807) is 27.7 Å². The van der Waals surface area contributed by atoms with E-state index < -0.39 is 23.7 Å². The zero-order valence-corrected chi connectivity index (χ0v) is 12.2. The zero-order valence-electron chi connectivity index (χ0n) is 10.0. The predicted molar refractivity (Wildman–Crippen MR) is 68.7 cm³/mol. The molecular weight excluding hydrogens is 325 g/mol. The molecule has 0 unspecified atom stereocenters. The Labute approximate surface area is 109 Å². The van der Waals surface area contributed by atoms with Gasteiger partial charge in [-0.1, -0.05) is 22.6 Å². The quantitative estimate of drug-likeness (QED) is 0.481. The number of alkyl carbamates (subject to hydrolysis) is 1. The molecule has 0 rings (SSSR count). The summed E-state index contributed by atoms with van der Waals surface area (Å²) in [5, 5.41) is 2.46. The van der Waals surface area contributed by atoms with Crippen LogP contribution in [0.3, 0.4) is 0 Å². The van der Waals surface area contributed by atoms with Gasteiger partial charge in [-0.25, -0.2) is 9.59 Å². The van der Waals surface area contributed by atoms with Crippen LogP contribution in [0.2, 0.25) is 0 Å². The molecule has 0 fully saturated rings. The lowest BCUT2D eigenvalue weighted by Crippen LogP contribution is -2.45. The van der Waals surface area contributed by atoms with Gasteiger partial charge in [0.25, 0.3) is 0 Å². The van der Waals surface area contributed by atoms with Crippen LogP contribution in [-0.4, -0.2) is 34.7 Å². The average Bonchev–Trinajstić information content (AvgIpc) is 2.11. The summed E-state index contributed by atoms with van der Waals surface area (Å²) in [4.78, 5) is 22.8. The summed E-state index contributed by atoms with van der Waals surface area (Å²) in [6.07, 6.45) is -0.609. The summed E-state index contributed by atoms with van der Waals surface area (Å²) < 4.78 is 10.3. The highest BCUT2D eigenvalue weighted by Gasteiger charge is 2.24. The maximum absolute atomic E-state index is 11.4. The Kier molecular flexibility index (Phi) is 6.70. The Hall–Kier alpha value is -0.530. The highest BCUT2D eigenvalue weighted by Crippen LogP contribution is 2.07. The van der Waals surface area contributed by atoms with Crippen LogP contribution in [-0.2, 0) is 14.3 Å². The van der Waals surface area contributed by atoms with Crippen molar-refractivity contribution in [1.29, 1.82) is 0 Å². The molecule has 6 heteroatoms. The summed E-state index contributed by atoms with van der Waals surface area (Å²) in [6, 6.07) is -0.657. The van der Waals surface area contributed by atoms with Gasteiger partial charge >= 0.3 is 12.1 Å². The molecule has 0 aromatic heterocycles. The summed E-state index contributed by atoms with van der Waals surface area (Å²) in [7, 11) is 0. The van der Waals surface area contributed by atoms with Gasteiger partial charge in [-0.2, -0.15) is 0 Å². The van der Waals surface area contributed by atoms with E-state index in [0.717, 1.165) is 0 Å². The monoisotopic (exact) mass is 343 g/mol. The molecule has 0 aromatic rings. The maximum atomic E-state index is 11.4. The van der Waals surface area contributed by atoms with Crippen molar-refractivity contribution in [2.45, 2.75) is 39.3 Å². The number of alkyl halides is 1. The highest BCUT2D eigenvalue weighted by atomic mass is 127. The normalized spacial score (nSPS) is 12.8. The Balaban J connectivity index is 4.22. The van der Waals surface area contributed by atoms with Crippen LogP contribution in [0, 0.1) is 0 Å². The molecule has 1 atom stereocenters. The minimum atomic E-state index is -0.657. The molecule has 5 nitrogen and oxygen atoms in total. The van der Waals surface area contributed by atoms with Crippen molar-refractivity contribution in [3.8, 4) is 0 Å². The topological polar surface area (TPSA) is 64.6 Å². The van der Waals surface area contributed by atoms with Crippen molar-refractivity contribution in [3.63, 3.8) is 0 Å². The van der Waals surface area contributed by atoms with E-state index in [0.29, 0.717) is 11.0 Å². The summed E-state index contributed by atoms with van der Waals surface area (Å²) in [5.74, 6) is -0.442. The molecule has 0 radical (unpaired) electrons. The van der Waals surface area contributed by atoms with Crippen LogP contribution in [0.15, 0.2) is 0 Å². The SMILES string of the molecule is CCOC(=O)[C@H](CI)NC(=O)OC(C)(C)C. The van der Waals surface area contributed by atoms with Crippen LogP contribution >= 0.6 is 22.6 Å². The minimum absolute atomic E-state index is 0.294. The van der Waals surface area contributed by atoms with Gasteiger partial charge in [0.1, 0.15) is 11.6 Å². The average molecular weight is 343 g/mol. The van der Waals surface area contributed by atoms with Crippen molar-refractivity contribution in [1.82, 2.24) is 5.32 Å². The first-order valence-corrected chi connectivity index (χ1v) is 6.54. The molecule has 0 saturated heterocycles. The molecule has 0 bridgehead atoms. The van der Waals surface area contributed by atoms with Crippen LogP contribution in [0.4, 0.5) is 4.79 Å².